The molecule has 2 aromatic rings. The van der Waals surface area contributed by atoms with Crippen LogP contribution in [0.1, 0.15) is 34.0 Å². The molecule has 0 radical (unpaired) electrons. The summed E-state index contributed by atoms with van der Waals surface area (Å²) >= 11 is 0. The molecule has 1 aliphatic rings. The van der Waals surface area contributed by atoms with Gasteiger partial charge < -0.3 is 10.4 Å². The van der Waals surface area contributed by atoms with Gasteiger partial charge in [0.15, 0.2) is 0 Å². The van der Waals surface area contributed by atoms with Gasteiger partial charge in [0.1, 0.15) is 6.04 Å². The Hall–Kier alpha value is -3.73. The van der Waals surface area contributed by atoms with Gasteiger partial charge in [-0.1, -0.05) is 24.0 Å². The number of hydrogen-bond acceptors (Lipinski definition) is 5. The maximum absolute atomic E-state index is 12.3. The van der Waals surface area contributed by atoms with E-state index in [1.54, 1.807) is 30.5 Å². The average molecular weight is 403 g/mol. The van der Waals surface area contributed by atoms with E-state index in [9.17, 15) is 14.7 Å². The summed E-state index contributed by atoms with van der Waals surface area (Å²) in [6.07, 6.45) is 2.63. The second-order valence-corrected chi connectivity index (χ2v) is 6.75. The Kier molecular flexibility index (Phi) is 6.75. The zero-order chi connectivity index (χ0) is 21.5. The number of hydrogen-bond donors (Lipinski definition) is 4. The molecule has 0 aromatic heterocycles. The molecule has 1 heterocycles. The lowest BCUT2D eigenvalue weighted by atomic mass is 10.0. The predicted molar refractivity (Wildman–Crippen MR) is 113 cm³/mol. The maximum atomic E-state index is 12.3. The lowest BCUT2D eigenvalue weighted by molar-refractivity contribution is -0.133. The topological polar surface area (TPSA) is 111 Å². The summed E-state index contributed by atoms with van der Waals surface area (Å²) in [7, 11) is 0. The Morgan fingerprint density at radius 2 is 1.63 bits per heavy atom. The van der Waals surface area contributed by atoms with Crippen LogP contribution in [0.15, 0.2) is 59.6 Å². The highest BCUT2D eigenvalue weighted by Gasteiger charge is 2.25. The number of carbonyl (C=O) groups is 2. The Labute approximate surface area is 174 Å². The number of benzene rings is 2. The van der Waals surface area contributed by atoms with Crippen LogP contribution in [0.3, 0.4) is 0 Å². The second-order valence-electron chi connectivity index (χ2n) is 6.75. The molecular weight excluding hydrogens is 382 g/mol. The van der Waals surface area contributed by atoms with Gasteiger partial charge in [0.25, 0.3) is 11.8 Å². The number of aliphatic hydroxyl groups excluding tert-OH is 1. The fourth-order valence-corrected chi connectivity index (χ4v) is 2.85. The number of nitrogens with zero attached hydrogens (tertiary/aromatic N) is 1. The first-order valence-corrected chi connectivity index (χ1v) is 9.32. The van der Waals surface area contributed by atoms with Crippen molar-refractivity contribution in [1.29, 1.82) is 0 Å². The van der Waals surface area contributed by atoms with E-state index in [2.05, 4.69) is 22.2 Å². The molecule has 4 N–H and O–H groups in total. The molecule has 2 atom stereocenters. The number of allylic oxidation sites excluding steroid dienone is 1. The van der Waals surface area contributed by atoms with Crippen LogP contribution in [0.25, 0.3) is 5.57 Å². The largest absolute Gasteiger partial charge is 0.391 e. The van der Waals surface area contributed by atoms with Crippen molar-refractivity contribution in [3.8, 4) is 11.8 Å². The van der Waals surface area contributed by atoms with Crippen LogP contribution in [-0.2, 0) is 4.79 Å². The first kappa shape index (κ1) is 21.0. The molecule has 30 heavy (non-hydrogen) atoms. The van der Waals surface area contributed by atoms with Crippen LogP contribution in [0.4, 0.5) is 0 Å². The summed E-state index contributed by atoms with van der Waals surface area (Å²) in [5.41, 5.74) is 5.62. The first-order valence-electron chi connectivity index (χ1n) is 9.32. The number of rotatable bonds is 5. The van der Waals surface area contributed by atoms with Crippen molar-refractivity contribution >= 4 is 23.6 Å². The van der Waals surface area contributed by atoms with E-state index in [1.165, 1.54) is 18.0 Å². The fourth-order valence-electron chi connectivity index (χ4n) is 2.85. The fraction of sp³-hybridized carbons (Fsp3) is 0.174. The van der Waals surface area contributed by atoms with Gasteiger partial charge in [-0.05, 0) is 60.5 Å². The maximum Gasteiger partial charge on any atom is 0.268 e. The molecule has 7 nitrogen and oxygen atoms in total. The van der Waals surface area contributed by atoms with Crippen molar-refractivity contribution < 1.29 is 19.9 Å². The molecule has 0 aliphatic carbocycles. The summed E-state index contributed by atoms with van der Waals surface area (Å²) in [6, 6.07) is 13.2. The summed E-state index contributed by atoms with van der Waals surface area (Å²) in [5, 5.41) is 20.7. The van der Waals surface area contributed by atoms with Crippen LogP contribution in [0, 0.1) is 11.8 Å². The number of nitrogens with one attached hydrogen (secondary N) is 2. The van der Waals surface area contributed by atoms with Crippen LogP contribution in [0.2, 0.25) is 0 Å². The van der Waals surface area contributed by atoms with Gasteiger partial charge in [0.05, 0.1) is 12.6 Å². The van der Waals surface area contributed by atoms with Gasteiger partial charge in [-0.2, -0.15) is 0 Å². The minimum atomic E-state index is -1.27. The monoisotopic (exact) mass is 403 g/mol. The van der Waals surface area contributed by atoms with E-state index >= 15 is 0 Å². The molecule has 0 unspecified atom stereocenters. The lowest BCUT2D eigenvalue weighted by Gasteiger charge is -2.19. The molecule has 2 amide bonds. The molecule has 0 saturated carbocycles. The van der Waals surface area contributed by atoms with Crippen molar-refractivity contribution in [1.82, 2.24) is 10.8 Å². The molecule has 7 heteroatoms. The Bertz CT molecular complexity index is 1040. The van der Waals surface area contributed by atoms with E-state index in [-0.39, 0.29) is 0 Å². The normalized spacial score (nSPS) is 14.2. The standard InChI is InChI=1S/C23H21N3O4/c1-15(27)21(23(29)26-30)25-22(28)19-10-6-17(7-11-19)3-2-16-4-8-18(9-5-16)20-12-13-24-14-20/h4-13,15,21,27,30H,14H2,1H3,(H,25,28)(H,26,29)/t15-,21+/m1/s1. The van der Waals surface area contributed by atoms with E-state index in [0.717, 1.165) is 16.7 Å². The Morgan fingerprint density at radius 1 is 1.03 bits per heavy atom. The van der Waals surface area contributed by atoms with Gasteiger partial charge in [-0.25, -0.2) is 5.48 Å². The van der Waals surface area contributed by atoms with Gasteiger partial charge >= 0.3 is 0 Å². The lowest BCUT2D eigenvalue weighted by Crippen LogP contribution is -2.51. The number of aliphatic hydroxyl groups is 1. The Balaban J connectivity index is 1.65. The van der Waals surface area contributed by atoms with Gasteiger partial charge in [0.2, 0.25) is 0 Å². The minimum Gasteiger partial charge on any atom is -0.391 e. The molecular formula is C23H21N3O4. The van der Waals surface area contributed by atoms with Gasteiger partial charge in [-0.3, -0.25) is 19.8 Å². The zero-order valence-electron chi connectivity index (χ0n) is 16.3. The molecule has 1 aliphatic heterocycles. The number of hydroxylamine groups is 1. The average Bonchev–Trinajstić information content (AvgIpc) is 3.31. The molecule has 3 rings (SSSR count). The van der Waals surface area contributed by atoms with E-state index < -0.39 is 24.0 Å². The number of carbonyl (C=O) groups excluding carboxylic acids is 2. The highest BCUT2D eigenvalue weighted by Crippen LogP contribution is 2.17. The van der Waals surface area contributed by atoms with Crippen molar-refractivity contribution in [2.45, 2.75) is 19.1 Å². The SMILES string of the molecule is C[C@@H](O)[C@H](NC(=O)c1ccc(C#Cc2ccc(C3=CC=NC3)cc2)cc1)C(=O)NO. The molecule has 0 fully saturated rings. The highest BCUT2D eigenvalue weighted by atomic mass is 16.5. The molecule has 0 spiro atoms. The van der Waals surface area contributed by atoms with Crippen LogP contribution < -0.4 is 10.8 Å². The highest BCUT2D eigenvalue weighted by molar-refractivity contribution is 5.97. The van der Waals surface area contributed by atoms with E-state index in [1.807, 2.05) is 30.3 Å². The first-order chi connectivity index (χ1) is 14.5. The van der Waals surface area contributed by atoms with Crippen LogP contribution >= 0.6 is 0 Å². The molecule has 152 valence electrons. The molecule has 0 bridgehead atoms. The predicted octanol–water partition coefficient (Wildman–Crippen LogP) is 1.54. The second kappa shape index (κ2) is 9.65. The zero-order valence-corrected chi connectivity index (χ0v) is 16.3. The third-order valence-electron chi connectivity index (χ3n) is 4.56. The molecule has 0 saturated heterocycles. The Morgan fingerprint density at radius 3 is 2.13 bits per heavy atom. The molecule has 2 aromatic carbocycles. The van der Waals surface area contributed by atoms with Crippen molar-refractivity contribution in [2.75, 3.05) is 6.54 Å². The third-order valence-corrected chi connectivity index (χ3v) is 4.56. The van der Waals surface area contributed by atoms with E-state index in [4.69, 9.17) is 5.21 Å². The van der Waals surface area contributed by atoms with Crippen LogP contribution in [-0.4, -0.2) is 47.0 Å². The smallest absolute Gasteiger partial charge is 0.268 e. The minimum absolute atomic E-state index is 0.299. The van der Waals surface area contributed by atoms with E-state index in [0.29, 0.717) is 12.1 Å². The summed E-state index contributed by atoms with van der Waals surface area (Å²) < 4.78 is 0. The summed E-state index contributed by atoms with van der Waals surface area (Å²) in [5.74, 6) is 4.68. The van der Waals surface area contributed by atoms with Crippen molar-refractivity contribution in [2.24, 2.45) is 4.99 Å². The van der Waals surface area contributed by atoms with Gasteiger partial charge in [-0.15, -0.1) is 0 Å². The van der Waals surface area contributed by atoms with Gasteiger partial charge in [0, 0.05) is 22.9 Å². The van der Waals surface area contributed by atoms with Crippen molar-refractivity contribution in [3.05, 3.63) is 76.9 Å². The summed E-state index contributed by atoms with van der Waals surface area (Å²) in [6.45, 7) is 2.04. The number of amides is 2. The number of aliphatic imine (C=N–C) groups is 1. The van der Waals surface area contributed by atoms with Crippen LogP contribution in [0.5, 0.6) is 0 Å². The quantitative estimate of drug-likeness (QED) is 0.345. The third kappa shape index (κ3) is 5.20. The summed E-state index contributed by atoms with van der Waals surface area (Å²) in [4.78, 5) is 28.0. The van der Waals surface area contributed by atoms with Crippen molar-refractivity contribution in [3.63, 3.8) is 0 Å².